The van der Waals surface area contributed by atoms with Crippen LogP contribution in [-0.2, 0) is 9.84 Å². The van der Waals surface area contributed by atoms with Crippen LogP contribution in [0.1, 0.15) is 56.7 Å². The van der Waals surface area contributed by atoms with E-state index in [9.17, 15) is 13.2 Å². The van der Waals surface area contributed by atoms with Gasteiger partial charge in [0.1, 0.15) is 0 Å². The third-order valence-corrected chi connectivity index (χ3v) is 7.70. The van der Waals surface area contributed by atoms with Gasteiger partial charge >= 0.3 is 6.03 Å². The molecule has 2 aliphatic rings. The normalized spacial score (nSPS) is 27.5. The molecule has 1 saturated heterocycles. The van der Waals surface area contributed by atoms with Crippen molar-refractivity contribution in [3.8, 4) is 0 Å². The Morgan fingerprint density at radius 1 is 1.21 bits per heavy atom. The van der Waals surface area contributed by atoms with Gasteiger partial charge in [-0.25, -0.2) is 13.2 Å². The van der Waals surface area contributed by atoms with Crippen LogP contribution >= 0.6 is 0 Å². The molecule has 1 N–H and O–H groups in total. The second-order valence-electron chi connectivity index (χ2n) is 7.23. The number of sulfone groups is 1. The maximum atomic E-state index is 12.5. The first-order chi connectivity index (χ1) is 11.3. The van der Waals surface area contributed by atoms with Gasteiger partial charge in [0, 0.05) is 13.1 Å². The number of rotatable bonds is 3. The molecule has 3 atom stereocenters. The lowest BCUT2D eigenvalue weighted by atomic mass is 10.0. The first-order valence-electron chi connectivity index (χ1n) is 8.67. The Morgan fingerprint density at radius 3 is 2.42 bits per heavy atom. The number of hydrogen-bond acceptors (Lipinski definition) is 3. The van der Waals surface area contributed by atoms with E-state index in [1.54, 1.807) is 18.7 Å². The Labute approximate surface area is 144 Å². The van der Waals surface area contributed by atoms with E-state index in [0.29, 0.717) is 5.92 Å². The minimum absolute atomic E-state index is 0.0969. The molecule has 5 nitrogen and oxygen atoms in total. The highest BCUT2D eigenvalue weighted by Crippen LogP contribution is 2.40. The lowest BCUT2D eigenvalue weighted by Crippen LogP contribution is -2.55. The summed E-state index contributed by atoms with van der Waals surface area (Å²) in [4.78, 5) is 14.2. The number of hydrogen-bond donors (Lipinski definition) is 1. The summed E-state index contributed by atoms with van der Waals surface area (Å²) in [5.41, 5.74) is 2.44. The lowest BCUT2D eigenvalue weighted by molar-refractivity contribution is 0.192. The van der Waals surface area contributed by atoms with E-state index in [0.717, 1.165) is 5.56 Å². The average molecular weight is 350 g/mol. The van der Waals surface area contributed by atoms with Gasteiger partial charge in [-0.2, -0.15) is 0 Å². The lowest BCUT2D eigenvalue weighted by Gasteiger charge is -2.35. The summed E-state index contributed by atoms with van der Waals surface area (Å²) in [6, 6.07) is 8.11. The summed E-state index contributed by atoms with van der Waals surface area (Å²) < 4.78 is 24.1. The van der Waals surface area contributed by atoms with Gasteiger partial charge < -0.3 is 10.2 Å². The third kappa shape index (κ3) is 3.43. The van der Waals surface area contributed by atoms with Crippen molar-refractivity contribution in [3.05, 3.63) is 35.4 Å². The van der Waals surface area contributed by atoms with Crippen LogP contribution in [0, 0.1) is 0 Å². The van der Waals surface area contributed by atoms with Crippen LogP contribution in [0.4, 0.5) is 4.79 Å². The summed E-state index contributed by atoms with van der Waals surface area (Å²) in [6.07, 6.45) is 2.50. The smallest absolute Gasteiger partial charge is 0.317 e. The molecule has 0 radical (unpaired) electrons. The first-order valence-corrected chi connectivity index (χ1v) is 10.3. The van der Waals surface area contributed by atoms with E-state index >= 15 is 0 Å². The highest BCUT2D eigenvalue weighted by molar-refractivity contribution is 7.92. The minimum atomic E-state index is -3.12. The fraction of sp³-hybridized carbons (Fsp3) is 0.611. The molecule has 3 rings (SSSR count). The highest BCUT2D eigenvalue weighted by atomic mass is 32.2. The number of urea groups is 1. The molecule has 1 aliphatic carbocycles. The zero-order valence-corrected chi connectivity index (χ0v) is 15.3. The molecule has 0 spiro atoms. The Bertz CT molecular complexity index is 710. The van der Waals surface area contributed by atoms with Crippen LogP contribution in [-0.4, -0.2) is 42.9 Å². The van der Waals surface area contributed by atoms with Gasteiger partial charge in [-0.15, -0.1) is 0 Å². The molecule has 1 aromatic carbocycles. The van der Waals surface area contributed by atoms with Crippen molar-refractivity contribution in [2.75, 3.05) is 13.1 Å². The fourth-order valence-electron chi connectivity index (χ4n) is 3.32. The van der Waals surface area contributed by atoms with Crippen molar-refractivity contribution >= 4 is 15.9 Å². The predicted octanol–water partition coefficient (Wildman–Crippen LogP) is 2.84. The van der Waals surface area contributed by atoms with Crippen molar-refractivity contribution in [1.29, 1.82) is 0 Å². The molecular formula is C18H26N2O3S. The van der Waals surface area contributed by atoms with E-state index in [4.69, 9.17) is 0 Å². The molecule has 0 bridgehead atoms. The maximum Gasteiger partial charge on any atom is 0.317 e. The minimum Gasteiger partial charge on any atom is -0.331 e. The molecule has 2 amide bonds. The molecule has 24 heavy (non-hydrogen) atoms. The van der Waals surface area contributed by atoms with Gasteiger partial charge in [0.05, 0.1) is 16.5 Å². The van der Waals surface area contributed by atoms with E-state index < -0.39 is 20.3 Å². The average Bonchev–Trinajstić information content (AvgIpc) is 3.37. The van der Waals surface area contributed by atoms with Gasteiger partial charge in [-0.1, -0.05) is 24.3 Å². The van der Waals surface area contributed by atoms with Crippen LogP contribution in [0.3, 0.4) is 0 Å². The van der Waals surface area contributed by atoms with Gasteiger partial charge in [-0.05, 0) is 50.7 Å². The first kappa shape index (κ1) is 17.3. The number of nitrogens with zero attached hydrogens (tertiary/aromatic N) is 1. The number of benzene rings is 1. The van der Waals surface area contributed by atoms with Crippen molar-refractivity contribution < 1.29 is 13.2 Å². The predicted molar refractivity (Wildman–Crippen MR) is 94.8 cm³/mol. The van der Waals surface area contributed by atoms with Crippen molar-refractivity contribution in [3.63, 3.8) is 0 Å². The second kappa shape index (κ2) is 6.39. The molecule has 2 fully saturated rings. The van der Waals surface area contributed by atoms with Gasteiger partial charge in [-0.3, -0.25) is 0 Å². The summed E-state index contributed by atoms with van der Waals surface area (Å²) >= 11 is 0. The molecule has 6 heteroatoms. The molecule has 0 aromatic heterocycles. The summed E-state index contributed by atoms with van der Waals surface area (Å²) in [5, 5.41) is 1.99. The van der Waals surface area contributed by atoms with Gasteiger partial charge in [0.15, 0.2) is 9.84 Å². The Kier molecular flexibility index (Phi) is 4.60. The summed E-state index contributed by atoms with van der Waals surface area (Å²) in [5.74, 6) is 0.682. The Hall–Kier alpha value is -1.56. The fourth-order valence-corrected chi connectivity index (χ4v) is 4.89. The Balaban J connectivity index is 1.65. The van der Waals surface area contributed by atoms with Crippen LogP contribution in [0.5, 0.6) is 0 Å². The summed E-state index contributed by atoms with van der Waals surface area (Å²) in [7, 11) is -3.12. The standard InChI is InChI=1S/C18H26N2O3S/c1-12-10-20(11-13(2)24(12,22)23)18(21)19-14(3)16-5-4-6-17(9-16)15-7-8-15/h4-6,9,12-15H,7-8,10-11H2,1-3H3,(H,19,21). The van der Waals surface area contributed by atoms with Crippen LogP contribution in [0.2, 0.25) is 0 Å². The van der Waals surface area contributed by atoms with Crippen LogP contribution in [0.15, 0.2) is 24.3 Å². The van der Waals surface area contributed by atoms with Crippen molar-refractivity contribution in [2.24, 2.45) is 0 Å². The van der Waals surface area contributed by atoms with Crippen LogP contribution < -0.4 is 5.32 Å². The topological polar surface area (TPSA) is 66.5 Å². The molecule has 1 aromatic rings. The van der Waals surface area contributed by atoms with E-state index in [-0.39, 0.29) is 25.2 Å². The van der Waals surface area contributed by atoms with E-state index in [1.807, 2.05) is 19.1 Å². The second-order valence-corrected chi connectivity index (χ2v) is 10.0. The maximum absolute atomic E-state index is 12.5. The molecular weight excluding hydrogens is 324 g/mol. The van der Waals surface area contributed by atoms with Gasteiger partial charge in [0.2, 0.25) is 0 Å². The van der Waals surface area contributed by atoms with E-state index in [2.05, 4.69) is 17.4 Å². The molecule has 3 unspecified atom stereocenters. The van der Waals surface area contributed by atoms with Crippen molar-refractivity contribution in [1.82, 2.24) is 10.2 Å². The quantitative estimate of drug-likeness (QED) is 0.911. The van der Waals surface area contributed by atoms with Crippen molar-refractivity contribution in [2.45, 2.75) is 56.1 Å². The SMILES string of the molecule is CC(NC(=O)N1CC(C)S(=O)(=O)C(C)C1)c1cccc(C2CC2)c1. The Morgan fingerprint density at radius 2 is 1.83 bits per heavy atom. The molecule has 1 aliphatic heterocycles. The monoisotopic (exact) mass is 350 g/mol. The zero-order valence-electron chi connectivity index (χ0n) is 14.5. The largest absolute Gasteiger partial charge is 0.331 e. The number of carbonyl (C=O) groups excluding carboxylic acids is 1. The van der Waals surface area contributed by atoms with Gasteiger partial charge in [0.25, 0.3) is 0 Å². The third-order valence-electron chi connectivity index (χ3n) is 5.16. The zero-order chi connectivity index (χ0) is 17.5. The van der Waals surface area contributed by atoms with E-state index in [1.165, 1.54) is 18.4 Å². The number of nitrogens with one attached hydrogen (secondary N) is 1. The highest BCUT2D eigenvalue weighted by Gasteiger charge is 2.37. The number of amides is 2. The summed E-state index contributed by atoms with van der Waals surface area (Å²) in [6.45, 7) is 5.83. The van der Waals surface area contributed by atoms with Crippen LogP contribution in [0.25, 0.3) is 0 Å². The molecule has 132 valence electrons. The number of carbonyl (C=O) groups is 1. The molecule has 1 heterocycles. The molecule has 1 saturated carbocycles.